The third-order valence-electron chi connectivity index (χ3n) is 1.25. The number of Topliss-reactive ketones (excluding diaryl/α,β-unsaturated/α-hetero) is 1. The van der Waals surface area contributed by atoms with Crippen LogP contribution >= 0.6 is 0 Å². The van der Waals surface area contributed by atoms with E-state index in [4.69, 9.17) is 16.6 Å². The fraction of sp³-hybridized carbons (Fsp3) is 0.846. The van der Waals surface area contributed by atoms with Gasteiger partial charge in [-0.15, -0.1) is 0 Å². The number of hydrogen-bond donors (Lipinski definition) is 4. The van der Waals surface area contributed by atoms with Crippen molar-refractivity contribution in [2.24, 2.45) is 11.5 Å². The number of ketones is 1. The van der Waals surface area contributed by atoms with Gasteiger partial charge in [-0.3, -0.25) is 4.79 Å². The van der Waals surface area contributed by atoms with E-state index in [-0.39, 0.29) is 33.2 Å². The molecule has 0 rings (SSSR count). The first-order valence-electron chi connectivity index (χ1n) is 5.71. The number of carbonyl (C=O) groups is 2. The van der Waals surface area contributed by atoms with E-state index in [1.807, 2.05) is 0 Å². The summed E-state index contributed by atoms with van der Waals surface area (Å²) in [6, 6.07) is 0. The van der Waals surface area contributed by atoms with Gasteiger partial charge in [0.25, 0.3) is 0 Å². The first-order chi connectivity index (χ1) is 7.95. The molecule has 6 nitrogen and oxygen atoms in total. The molecule has 0 aliphatic carbocycles. The summed E-state index contributed by atoms with van der Waals surface area (Å²) in [5.74, 6) is 0.133. The molecule has 0 aromatic heterocycles. The van der Waals surface area contributed by atoms with Crippen LogP contribution < -0.4 is 16.8 Å². The Bertz CT molecular complexity index is 159. The predicted octanol–water partition coefficient (Wildman–Crippen LogP) is 0.666. The summed E-state index contributed by atoms with van der Waals surface area (Å²) in [6.45, 7) is 6.75. The Hall–Kier alpha value is -0.980. The van der Waals surface area contributed by atoms with Crippen molar-refractivity contribution in [3.8, 4) is 0 Å². The summed E-state index contributed by atoms with van der Waals surface area (Å²) in [5.41, 5.74) is 9.81. The average Bonchev–Trinajstić information content (AvgIpc) is 2.25. The zero-order valence-electron chi connectivity index (χ0n) is 11.2. The van der Waals surface area contributed by atoms with E-state index in [1.165, 1.54) is 6.92 Å². The molecule has 0 atom stereocenters. The smallest absolute Gasteiger partial charge is 0.216 e. The second kappa shape index (κ2) is 30.2. The maximum absolute atomic E-state index is 10.4. The highest BCUT2D eigenvalue weighted by Gasteiger charge is 1.93. The Balaban J connectivity index is -0.0000000618. The fourth-order valence-electron chi connectivity index (χ4n) is 0.602. The van der Waals surface area contributed by atoms with Crippen LogP contribution in [0.3, 0.4) is 0 Å². The van der Waals surface area contributed by atoms with Crippen molar-refractivity contribution in [2.75, 3.05) is 26.2 Å². The molecule has 120 valence electrons. The lowest BCUT2D eigenvalue weighted by Crippen LogP contribution is -2.21. The highest BCUT2D eigenvalue weighted by atomic mass is 16.2. The van der Waals surface area contributed by atoms with Crippen LogP contribution in [0.2, 0.25) is 0 Å². The van der Waals surface area contributed by atoms with Gasteiger partial charge in [0.2, 0.25) is 5.91 Å². The summed E-state index contributed by atoms with van der Waals surface area (Å²) < 4.78 is 0. The Morgan fingerprint density at radius 3 is 1.68 bits per heavy atom. The number of nitrogens with one attached hydrogen (secondary N) is 1. The van der Waals surface area contributed by atoms with Crippen LogP contribution in [0.5, 0.6) is 0 Å². The van der Waals surface area contributed by atoms with E-state index < -0.39 is 0 Å². The van der Waals surface area contributed by atoms with Gasteiger partial charge in [0.15, 0.2) is 0 Å². The molecule has 0 bridgehead atoms. The lowest BCUT2D eigenvalue weighted by Gasteiger charge is -1.98. The molecule has 6 N–H and O–H groups in total. The van der Waals surface area contributed by atoms with E-state index in [9.17, 15) is 9.59 Å². The Kier molecular flexibility index (Phi) is 49.0. The van der Waals surface area contributed by atoms with E-state index in [2.05, 4.69) is 5.32 Å². The molecule has 0 saturated heterocycles. The van der Waals surface area contributed by atoms with Crippen LogP contribution in [0.15, 0.2) is 0 Å². The topological polar surface area (TPSA) is 118 Å². The molecule has 1 amide bonds. The minimum absolute atomic E-state index is 0. The standard InChI is InChI=1S/C7H13NO2.C2H8N2.C2H6O.2CH4/c1-6(9)4-3-5-8-7(2)10;3-1-2-4;1-2-3;;/h3-5H2,1-2H3,(H,8,10);1-4H2;3H,2H2,1H3;2*1H4. The largest absolute Gasteiger partial charge is 0.397 e. The van der Waals surface area contributed by atoms with Gasteiger partial charge in [-0.25, -0.2) is 0 Å². The maximum atomic E-state index is 10.4. The summed E-state index contributed by atoms with van der Waals surface area (Å²) in [4.78, 5) is 20.7. The number of aliphatic hydroxyl groups is 1. The molecule has 0 fully saturated rings. The molecular weight excluding hydrogens is 246 g/mol. The first kappa shape index (κ1) is 30.8. The van der Waals surface area contributed by atoms with Gasteiger partial charge in [0.1, 0.15) is 5.78 Å². The molecular formula is C13H35N3O3. The minimum atomic E-state index is -0.0384. The zero-order chi connectivity index (χ0) is 14.1. The van der Waals surface area contributed by atoms with E-state index in [1.54, 1.807) is 13.8 Å². The van der Waals surface area contributed by atoms with Gasteiger partial charge in [-0.05, 0) is 20.3 Å². The molecule has 0 aliphatic heterocycles. The molecule has 0 heterocycles. The van der Waals surface area contributed by atoms with Crippen LogP contribution in [0.1, 0.15) is 48.5 Å². The van der Waals surface area contributed by atoms with Gasteiger partial charge in [-0.1, -0.05) is 14.9 Å². The summed E-state index contributed by atoms with van der Waals surface area (Å²) >= 11 is 0. The van der Waals surface area contributed by atoms with Crippen LogP contribution in [-0.2, 0) is 9.59 Å². The number of amides is 1. The van der Waals surface area contributed by atoms with Crippen molar-refractivity contribution in [3.63, 3.8) is 0 Å². The van der Waals surface area contributed by atoms with Crippen molar-refractivity contribution < 1.29 is 14.7 Å². The summed E-state index contributed by atoms with van der Waals surface area (Å²) in [5, 5.41) is 10.2. The second-order valence-corrected chi connectivity index (χ2v) is 3.18. The predicted molar refractivity (Wildman–Crippen MR) is 82.9 cm³/mol. The fourth-order valence-corrected chi connectivity index (χ4v) is 0.602. The van der Waals surface area contributed by atoms with E-state index in [0.29, 0.717) is 26.1 Å². The SMILES string of the molecule is C.C.CC(=O)CCCNC(C)=O.CCO.NCCN. The van der Waals surface area contributed by atoms with Crippen molar-refractivity contribution in [1.29, 1.82) is 0 Å². The lowest BCUT2D eigenvalue weighted by atomic mass is 10.2. The first-order valence-corrected chi connectivity index (χ1v) is 5.71. The van der Waals surface area contributed by atoms with Gasteiger partial charge in [0, 0.05) is 39.6 Å². The van der Waals surface area contributed by atoms with Crippen molar-refractivity contribution in [1.82, 2.24) is 5.32 Å². The van der Waals surface area contributed by atoms with Gasteiger partial charge in [0.05, 0.1) is 0 Å². The third-order valence-corrected chi connectivity index (χ3v) is 1.25. The molecule has 0 radical (unpaired) electrons. The average molecular weight is 281 g/mol. The number of hydrogen-bond acceptors (Lipinski definition) is 5. The van der Waals surface area contributed by atoms with Crippen molar-refractivity contribution in [3.05, 3.63) is 0 Å². The number of rotatable bonds is 5. The molecule has 0 aromatic carbocycles. The Morgan fingerprint density at radius 2 is 1.47 bits per heavy atom. The highest BCUT2D eigenvalue weighted by molar-refractivity contribution is 5.75. The molecule has 19 heavy (non-hydrogen) atoms. The Morgan fingerprint density at radius 1 is 1.11 bits per heavy atom. The van der Waals surface area contributed by atoms with Crippen molar-refractivity contribution in [2.45, 2.75) is 48.5 Å². The minimum Gasteiger partial charge on any atom is -0.397 e. The van der Waals surface area contributed by atoms with Gasteiger partial charge < -0.3 is 26.7 Å². The third kappa shape index (κ3) is 77.9. The van der Waals surface area contributed by atoms with Crippen LogP contribution in [0, 0.1) is 0 Å². The highest BCUT2D eigenvalue weighted by Crippen LogP contribution is 1.86. The monoisotopic (exact) mass is 281 g/mol. The maximum Gasteiger partial charge on any atom is 0.216 e. The summed E-state index contributed by atoms with van der Waals surface area (Å²) in [6.07, 6.45) is 1.30. The Labute approximate surface area is 118 Å². The van der Waals surface area contributed by atoms with Crippen LogP contribution in [-0.4, -0.2) is 43.0 Å². The zero-order valence-corrected chi connectivity index (χ0v) is 11.2. The second-order valence-electron chi connectivity index (χ2n) is 3.18. The van der Waals surface area contributed by atoms with E-state index in [0.717, 1.165) is 6.42 Å². The van der Waals surface area contributed by atoms with Crippen LogP contribution in [0.4, 0.5) is 0 Å². The van der Waals surface area contributed by atoms with Crippen molar-refractivity contribution >= 4 is 11.7 Å². The summed E-state index contributed by atoms with van der Waals surface area (Å²) in [7, 11) is 0. The molecule has 6 heteroatoms. The molecule has 0 aromatic rings. The van der Waals surface area contributed by atoms with Crippen LogP contribution in [0.25, 0.3) is 0 Å². The quantitative estimate of drug-likeness (QED) is 0.552. The number of aliphatic hydroxyl groups excluding tert-OH is 1. The molecule has 0 spiro atoms. The van der Waals surface area contributed by atoms with E-state index >= 15 is 0 Å². The van der Waals surface area contributed by atoms with Gasteiger partial charge >= 0.3 is 0 Å². The number of carbonyl (C=O) groups excluding carboxylic acids is 2. The molecule has 0 saturated carbocycles. The lowest BCUT2D eigenvalue weighted by molar-refractivity contribution is -0.120. The number of nitrogens with two attached hydrogens (primary N) is 2. The normalized spacial score (nSPS) is 7.26. The van der Waals surface area contributed by atoms with Gasteiger partial charge in [-0.2, -0.15) is 0 Å². The molecule has 0 aliphatic rings. The molecule has 0 unspecified atom stereocenters.